The number of rotatable bonds is 12. The Kier molecular flexibility index (Phi) is 10.2. The molecule has 0 spiro atoms. The molecule has 0 aliphatic carbocycles. The topological polar surface area (TPSA) is 200 Å². The minimum atomic E-state index is -1.86. The van der Waals surface area contributed by atoms with E-state index in [1.165, 1.54) is 43.5 Å². The molecule has 0 bridgehead atoms. The number of Topliss-reactive ketones (excluding diaryl/α,β-unsaturated/α-hetero) is 1. The summed E-state index contributed by atoms with van der Waals surface area (Å²) >= 11 is 0. The molecule has 2 aromatic rings. The first-order valence-corrected chi connectivity index (χ1v) is 12.0. The number of aliphatic hydroxyl groups excluding tert-OH is 4. The normalized spacial score (nSPS) is 22.9. The number of aliphatic hydroxyl groups is 4. The van der Waals surface area contributed by atoms with Gasteiger partial charge in [0.1, 0.15) is 29.8 Å². The van der Waals surface area contributed by atoms with Crippen molar-refractivity contribution in [2.75, 3.05) is 7.11 Å². The molecule has 5 unspecified atom stereocenters. The van der Waals surface area contributed by atoms with Crippen LogP contribution in [-0.4, -0.2) is 86.0 Å². The lowest BCUT2D eigenvalue weighted by Gasteiger charge is -2.38. The molecular formula is C27H30O12. The number of phenols is 1. The monoisotopic (exact) mass is 546 g/mol. The Bertz CT molecular complexity index is 1220. The molecule has 1 aliphatic rings. The van der Waals surface area contributed by atoms with Crippen LogP contribution in [0.15, 0.2) is 42.5 Å². The standard InChI is InChI=1S/C27H30O12/c1-37-21-11-15(5-9-20(21)38-27-24(34)22(32)23(33)25(39-27)26(35)36)3-7-18(30)12-17(29)6-2-14-4-8-19(31)16(10-14)13-28/h3-5,7-11,22-25,27-28,31-34H,2,6,12-13H2,1H3,(H,35,36)/b7-3+. The Morgan fingerprint density at radius 2 is 1.74 bits per heavy atom. The second-order valence-corrected chi connectivity index (χ2v) is 8.90. The van der Waals surface area contributed by atoms with E-state index in [9.17, 15) is 45.0 Å². The smallest absolute Gasteiger partial charge is 0.335 e. The van der Waals surface area contributed by atoms with Crippen molar-refractivity contribution in [1.82, 2.24) is 0 Å². The second kappa shape index (κ2) is 13.3. The number of ether oxygens (including phenoxy) is 3. The maximum atomic E-state index is 12.3. The summed E-state index contributed by atoms with van der Waals surface area (Å²) in [5.74, 6) is -2.11. The molecule has 2 aromatic carbocycles. The van der Waals surface area contributed by atoms with Crippen LogP contribution in [0, 0.1) is 0 Å². The van der Waals surface area contributed by atoms with E-state index in [-0.39, 0.29) is 42.5 Å². The number of hydrogen-bond acceptors (Lipinski definition) is 11. The number of benzene rings is 2. The summed E-state index contributed by atoms with van der Waals surface area (Å²) in [5.41, 5.74) is 1.61. The molecular weight excluding hydrogens is 516 g/mol. The van der Waals surface area contributed by atoms with Gasteiger partial charge in [0.25, 0.3) is 0 Å². The quantitative estimate of drug-likeness (QED) is 0.158. The Morgan fingerprint density at radius 3 is 2.41 bits per heavy atom. The molecule has 39 heavy (non-hydrogen) atoms. The van der Waals surface area contributed by atoms with E-state index < -0.39 is 42.5 Å². The second-order valence-electron chi connectivity index (χ2n) is 8.90. The summed E-state index contributed by atoms with van der Waals surface area (Å²) in [6.45, 7) is -0.330. The predicted octanol–water partition coefficient (Wildman–Crippen LogP) is 0.338. The molecule has 12 nitrogen and oxygen atoms in total. The van der Waals surface area contributed by atoms with Gasteiger partial charge in [-0.15, -0.1) is 0 Å². The van der Waals surface area contributed by atoms with Crippen LogP contribution in [0.25, 0.3) is 6.08 Å². The highest BCUT2D eigenvalue weighted by atomic mass is 16.7. The van der Waals surface area contributed by atoms with Gasteiger partial charge in [0.2, 0.25) is 6.29 Å². The van der Waals surface area contributed by atoms with Gasteiger partial charge in [0.05, 0.1) is 20.1 Å². The molecule has 210 valence electrons. The number of carboxylic acids is 1. The number of carbonyl (C=O) groups is 3. The van der Waals surface area contributed by atoms with Crippen molar-refractivity contribution in [1.29, 1.82) is 0 Å². The van der Waals surface area contributed by atoms with Crippen LogP contribution < -0.4 is 9.47 Å². The molecule has 0 radical (unpaired) electrons. The third kappa shape index (κ3) is 7.62. The molecule has 6 N–H and O–H groups in total. The first kappa shape index (κ1) is 29.7. The molecule has 1 saturated heterocycles. The summed E-state index contributed by atoms with van der Waals surface area (Å²) in [7, 11) is 1.33. The fraction of sp³-hybridized carbons (Fsp3) is 0.370. The molecule has 3 rings (SSSR count). The van der Waals surface area contributed by atoms with E-state index in [0.717, 1.165) is 5.56 Å². The highest BCUT2D eigenvalue weighted by molar-refractivity contribution is 6.06. The molecule has 1 aliphatic heterocycles. The number of allylic oxidation sites excluding steroid dienone is 1. The van der Waals surface area contributed by atoms with Gasteiger partial charge in [0.15, 0.2) is 23.4 Å². The molecule has 1 fully saturated rings. The van der Waals surface area contributed by atoms with Gasteiger partial charge in [-0.05, 0) is 47.9 Å². The number of hydrogen-bond donors (Lipinski definition) is 6. The van der Waals surface area contributed by atoms with Crippen molar-refractivity contribution in [2.45, 2.75) is 56.6 Å². The Hall–Kier alpha value is -3.81. The Labute approximate surface area is 223 Å². The lowest BCUT2D eigenvalue weighted by Crippen LogP contribution is -2.61. The minimum Gasteiger partial charge on any atom is -0.508 e. The minimum absolute atomic E-state index is 0.0329. The van der Waals surface area contributed by atoms with Crippen LogP contribution in [0.4, 0.5) is 0 Å². The third-order valence-corrected chi connectivity index (χ3v) is 6.08. The largest absolute Gasteiger partial charge is 0.508 e. The van der Waals surface area contributed by atoms with Crippen molar-refractivity contribution in [3.8, 4) is 17.2 Å². The predicted molar refractivity (Wildman–Crippen MR) is 134 cm³/mol. The number of methoxy groups -OCH3 is 1. The van der Waals surface area contributed by atoms with Crippen LogP contribution in [0.2, 0.25) is 0 Å². The molecule has 12 heteroatoms. The summed E-state index contributed by atoms with van der Waals surface area (Å²) in [6, 6.07) is 9.11. The molecule has 1 heterocycles. The average Bonchev–Trinajstić information content (AvgIpc) is 2.91. The fourth-order valence-corrected chi connectivity index (χ4v) is 3.90. The molecule has 5 atom stereocenters. The Morgan fingerprint density at radius 1 is 1.00 bits per heavy atom. The third-order valence-electron chi connectivity index (χ3n) is 6.08. The van der Waals surface area contributed by atoms with E-state index in [4.69, 9.17) is 14.2 Å². The molecule has 0 amide bonds. The van der Waals surface area contributed by atoms with Crippen LogP contribution in [0.5, 0.6) is 17.2 Å². The fourth-order valence-electron chi connectivity index (χ4n) is 3.90. The van der Waals surface area contributed by atoms with E-state index >= 15 is 0 Å². The van der Waals surface area contributed by atoms with Gasteiger partial charge >= 0.3 is 5.97 Å². The van der Waals surface area contributed by atoms with Gasteiger partial charge in [-0.2, -0.15) is 0 Å². The number of aryl methyl sites for hydroxylation is 1. The van der Waals surface area contributed by atoms with Crippen molar-refractivity contribution in [3.63, 3.8) is 0 Å². The van der Waals surface area contributed by atoms with E-state index in [0.29, 0.717) is 17.5 Å². The van der Waals surface area contributed by atoms with Gasteiger partial charge in [-0.25, -0.2) is 4.79 Å². The number of ketones is 2. The summed E-state index contributed by atoms with van der Waals surface area (Å²) in [5, 5.41) is 57.9. The number of aliphatic carboxylic acids is 1. The number of carbonyl (C=O) groups excluding carboxylic acids is 2. The van der Waals surface area contributed by atoms with Crippen LogP contribution >= 0.6 is 0 Å². The zero-order valence-corrected chi connectivity index (χ0v) is 21.0. The van der Waals surface area contributed by atoms with Crippen molar-refractivity contribution in [3.05, 3.63) is 59.2 Å². The van der Waals surface area contributed by atoms with Crippen LogP contribution in [-0.2, 0) is 32.1 Å². The zero-order valence-electron chi connectivity index (χ0n) is 21.0. The lowest BCUT2D eigenvalue weighted by atomic mass is 9.99. The van der Waals surface area contributed by atoms with Crippen molar-refractivity contribution in [2.24, 2.45) is 0 Å². The zero-order chi connectivity index (χ0) is 28.7. The average molecular weight is 547 g/mol. The van der Waals surface area contributed by atoms with Crippen molar-refractivity contribution < 1.29 is 59.2 Å². The lowest BCUT2D eigenvalue weighted by molar-refractivity contribution is -0.271. The first-order valence-electron chi connectivity index (χ1n) is 12.0. The first-order chi connectivity index (χ1) is 18.5. The highest BCUT2D eigenvalue weighted by Crippen LogP contribution is 2.32. The molecule has 0 saturated carbocycles. The summed E-state index contributed by atoms with van der Waals surface area (Å²) in [6.07, 6.45) is -6.03. The van der Waals surface area contributed by atoms with Gasteiger partial charge in [-0.1, -0.05) is 18.2 Å². The van der Waals surface area contributed by atoms with Gasteiger partial charge < -0.3 is 44.8 Å². The van der Waals surface area contributed by atoms with Crippen LogP contribution in [0.3, 0.4) is 0 Å². The number of aromatic hydroxyl groups is 1. The highest BCUT2D eigenvalue weighted by Gasteiger charge is 2.48. The summed E-state index contributed by atoms with van der Waals surface area (Å²) < 4.78 is 15.9. The van der Waals surface area contributed by atoms with E-state index in [1.807, 2.05) is 0 Å². The van der Waals surface area contributed by atoms with E-state index in [1.54, 1.807) is 12.1 Å². The van der Waals surface area contributed by atoms with Gasteiger partial charge in [-0.3, -0.25) is 9.59 Å². The maximum absolute atomic E-state index is 12.3. The SMILES string of the molecule is COc1cc(/C=C/C(=O)CC(=O)CCc2ccc(O)c(CO)c2)ccc1OC1OC(C(=O)O)C(O)C(O)C1O. The number of carboxylic acid groups (broad SMARTS) is 1. The summed E-state index contributed by atoms with van der Waals surface area (Å²) in [4.78, 5) is 35.8. The maximum Gasteiger partial charge on any atom is 0.335 e. The van der Waals surface area contributed by atoms with E-state index in [2.05, 4.69) is 0 Å². The molecule has 0 aromatic heterocycles. The van der Waals surface area contributed by atoms with Gasteiger partial charge in [0, 0.05) is 12.0 Å². The van der Waals surface area contributed by atoms with Crippen molar-refractivity contribution >= 4 is 23.6 Å². The van der Waals surface area contributed by atoms with Crippen LogP contribution in [0.1, 0.15) is 29.5 Å². The Balaban J connectivity index is 1.59.